The number of unbranched alkanes of at least 4 members (excludes halogenated alkanes) is 1. The van der Waals surface area contributed by atoms with Crippen LogP contribution in [-0.4, -0.2) is 15.8 Å². The first-order chi connectivity index (χ1) is 9.72. The van der Waals surface area contributed by atoms with Gasteiger partial charge in [-0.05, 0) is 43.6 Å². The molecule has 0 amide bonds. The maximum Gasteiger partial charge on any atom is 0.0522 e. The van der Waals surface area contributed by atoms with E-state index in [1.807, 2.05) is 10.9 Å². The normalized spacial score (nSPS) is 24.8. The van der Waals surface area contributed by atoms with Gasteiger partial charge in [0.25, 0.3) is 0 Å². The SMILES string of the molecule is CCCCC1CCC(C(N)Cc2cnn(CC)c2)CC1. The van der Waals surface area contributed by atoms with E-state index in [1.165, 1.54) is 50.5 Å². The van der Waals surface area contributed by atoms with Crippen LogP contribution < -0.4 is 5.73 Å². The molecular weight excluding hydrogens is 246 g/mol. The summed E-state index contributed by atoms with van der Waals surface area (Å²) in [6, 6.07) is 0.316. The number of nitrogens with two attached hydrogens (primary N) is 1. The number of aromatic nitrogens is 2. The van der Waals surface area contributed by atoms with Crippen molar-refractivity contribution >= 4 is 0 Å². The van der Waals surface area contributed by atoms with Crippen molar-refractivity contribution < 1.29 is 0 Å². The van der Waals surface area contributed by atoms with Gasteiger partial charge < -0.3 is 5.73 Å². The Bertz CT molecular complexity index is 377. The van der Waals surface area contributed by atoms with Crippen LogP contribution in [0.3, 0.4) is 0 Å². The topological polar surface area (TPSA) is 43.8 Å². The predicted molar refractivity (Wildman–Crippen MR) is 84.6 cm³/mol. The van der Waals surface area contributed by atoms with E-state index < -0.39 is 0 Å². The number of hydrogen-bond donors (Lipinski definition) is 1. The Kier molecular flexibility index (Phi) is 6.08. The van der Waals surface area contributed by atoms with Crippen LogP contribution in [0.5, 0.6) is 0 Å². The Labute approximate surface area is 123 Å². The third-order valence-electron chi connectivity index (χ3n) is 4.94. The van der Waals surface area contributed by atoms with Crippen molar-refractivity contribution in [3.8, 4) is 0 Å². The lowest BCUT2D eigenvalue weighted by Gasteiger charge is -2.32. The average molecular weight is 277 g/mol. The van der Waals surface area contributed by atoms with E-state index in [9.17, 15) is 0 Å². The molecule has 2 rings (SSSR count). The standard InChI is InChI=1S/C17H31N3/c1-3-5-6-14-7-9-16(10-8-14)17(18)11-15-12-19-20(4-2)13-15/h12-14,16-17H,3-11,18H2,1-2H3. The third kappa shape index (κ3) is 4.34. The summed E-state index contributed by atoms with van der Waals surface area (Å²) >= 11 is 0. The minimum absolute atomic E-state index is 0.316. The molecule has 1 fully saturated rings. The summed E-state index contributed by atoms with van der Waals surface area (Å²) in [6.07, 6.45) is 14.7. The number of rotatable bonds is 7. The molecule has 0 radical (unpaired) electrons. The molecular formula is C17H31N3. The molecule has 0 bridgehead atoms. The molecule has 1 heterocycles. The second-order valence-corrected chi connectivity index (χ2v) is 6.50. The molecule has 0 saturated heterocycles. The number of nitrogens with zero attached hydrogens (tertiary/aromatic N) is 2. The fourth-order valence-electron chi connectivity index (χ4n) is 3.52. The van der Waals surface area contributed by atoms with Gasteiger partial charge in [0.15, 0.2) is 0 Å². The molecule has 114 valence electrons. The van der Waals surface area contributed by atoms with Gasteiger partial charge in [0.1, 0.15) is 0 Å². The van der Waals surface area contributed by atoms with Gasteiger partial charge in [-0.15, -0.1) is 0 Å². The molecule has 1 saturated carbocycles. The largest absolute Gasteiger partial charge is 0.327 e. The van der Waals surface area contributed by atoms with Crippen LogP contribution in [-0.2, 0) is 13.0 Å². The quantitative estimate of drug-likeness (QED) is 0.824. The number of hydrogen-bond acceptors (Lipinski definition) is 2. The maximum absolute atomic E-state index is 6.44. The first-order valence-electron chi connectivity index (χ1n) is 8.49. The van der Waals surface area contributed by atoms with Crippen molar-refractivity contribution in [3.63, 3.8) is 0 Å². The minimum atomic E-state index is 0.316. The van der Waals surface area contributed by atoms with E-state index in [-0.39, 0.29) is 0 Å². The number of aryl methyl sites for hydroxylation is 1. The Hall–Kier alpha value is -0.830. The molecule has 0 aliphatic heterocycles. The van der Waals surface area contributed by atoms with Gasteiger partial charge in [0, 0.05) is 18.8 Å². The van der Waals surface area contributed by atoms with Gasteiger partial charge >= 0.3 is 0 Å². The van der Waals surface area contributed by atoms with Crippen molar-refractivity contribution in [3.05, 3.63) is 18.0 Å². The lowest BCUT2D eigenvalue weighted by atomic mass is 9.76. The molecule has 3 nitrogen and oxygen atoms in total. The van der Waals surface area contributed by atoms with Crippen LogP contribution in [0.15, 0.2) is 12.4 Å². The second kappa shape index (κ2) is 7.82. The highest BCUT2D eigenvalue weighted by atomic mass is 15.3. The first-order valence-corrected chi connectivity index (χ1v) is 8.49. The highest BCUT2D eigenvalue weighted by molar-refractivity contribution is 5.06. The average Bonchev–Trinajstić information content (AvgIpc) is 2.93. The lowest BCUT2D eigenvalue weighted by molar-refractivity contribution is 0.231. The highest BCUT2D eigenvalue weighted by Gasteiger charge is 2.25. The Morgan fingerprint density at radius 2 is 2.05 bits per heavy atom. The van der Waals surface area contributed by atoms with Gasteiger partial charge in [-0.3, -0.25) is 4.68 Å². The summed E-state index contributed by atoms with van der Waals surface area (Å²) in [7, 11) is 0. The molecule has 0 aromatic carbocycles. The van der Waals surface area contributed by atoms with Gasteiger partial charge in [0.2, 0.25) is 0 Å². The Morgan fingerprint density at radius 3 is 2.65 bits per heavy atom. The summed E-state index contributed by atoms with van der Waals surface area (Å²) in [6.45, 7) is 5.35. The second-order valence-electron chi connectivity index (χ2n) is 6.50. The molecule has 1 unspecified atom stereocenters. The molecule has 1 aliphatic rings. The van der Waals surface area contributed by atoms with E-state index in [1.54, 1.807) is 0 Å². The Morgan fingerprint density at radius 1 is 1.30 bits per heavy atom. The van der Waals surface area contributed by atoms with Crippen LogP contribution in [0.4, 0.5) is 0 Å². The van der Waals surface area contributed by atoms with Gasteiger partial charge in [-0.25, -0.2) is 0 Å². The van der Waals surface area contributed by atoms with Crippen LogP contribution in [0.2, 0.25) is 0 Å². The summed E-state index contributed by atoms with van der Waals surface area (Å²) in [4.78, 5) is 0. The minimum Gasteiger partial charge on any atom is -0.327 e. The maximum atomic E-state index is 6.44. The van der Waals surface area contributed by atoms with Crippen molar-refractivity contribution in [2.75, 3.05) is 0 Å². The fraction of sp³-hybridized carbons (Fsp3) is 0.824. The summed E-state index contributed by atoms with van der Waals surface area (Å²) in [5.41, 5.74) is 7.74. The van der Waals surface area contributed by atoms with Crippen molar-refractivity contribution in [2.24, 2.45) is 17.6 Å². The van der Waals surface area contributed by atoms with E-state index in [2.05, 4.69) is 25.1 Å². The summed E-state index contributed by atoms with van der Waals surface area (Å²) in [5.74, 6) is 1.69. The molecule has 1 atom stereocenters. The van der Waals surface area contributed by atoms with Crippen LogP contribution in [0, 0.1) is 11.8 Å². The van der Waals surface area contributed by atoms with E-state index >= 15 is 0 Å². The van der Waals surface area contributed by atoms with Crippen LogP contribution in [0.1, 0.15) is 64.4 Å². The fourth-order valence-corrected chi connectivity index (χ4v) is 3.52. The Balaban J connectivity index is 1.75. The molecule has 2 N–H and O–H groups in total. The first kappa shape index (κ1) is 15.6. The third-order valence-corrected chi connectivity index (χ3v) is 4.94. The van der Waals surface area contributed by atoms with Crippen LogP contribution in [0.25, 0.3) is 0 Å². The van der Waals surface area contributed by atoms with Crippen molar-refractivity contribution in [1.29, 1.82) is 0 Å². The molecule has 1 aromatic rings. The summed E-state index contributed by atoms with van der Waals surface area (Å²) < 4.78 is 1.99. The van der Waals surface area contributed by atoms with Crippen LogP contribution >= 0.6 is 0 Å². The molecule has 3 heteroatoms. The molecule has 1 aliphatic carbocycles. The zero-order valence-corrected chi connectivity index (χ0v) is 13.2. The smallest absolute Gasteiger partial charge is 0.0522 e. The van der Waals surface area contributed by atoms with E-state index in [0.717, 1.165) is 24.8 Å². The van der Waals surface area contributed by atoms with Gasteiger partial charge in [-0.1, -0.05) is 39.0 Å². The van der Waals surface area contributed by atoms with Gasteiger partial charge in [0.05, 0.1) is 6.20 Å². The van der Waals surface area contributed by atoms with Crippen molar-refractivity contribution in [2.45, 2.75) is 77.8 Å². The predicted octanol–water partition coefficient (Wildman–Crippen LogP) is 3.77. The monoisotopic (exact) mass is 277 g/mol. The summed E-state index contributed by atoms with van der Waals surface area (Å²) in [5, 5.41) is 4.34. The lowest BCUT2D eigenvalue weighted by Crippen LogP contribution is -2.34. The zero-order chi connectivity index (χ0) is 14.4. The van der Waals surface area contributed by atoms with Crippen molar-refractivity contribution in [1.82, 2.24) is 9.78 Å². The van der Waals surface area contributed by atoms with Gasteiger partial charge in [-0.2, -0.15) is 5.10 Å². The van der Waals surface area contributed by atoms with E-state index in [0.29, 0.717) is 6.04 Å². The molecule has 0 spiro atoms. The molecule has 1 aromatic heterocycles. The zero-order valence-electron chi connectivity index (χ0n) is 13.2. The molecule has 20 heavy (non-hydrogen) atoms. The highest BCUT2D eigenvalue weighted by Crippen LogP contribution is 2.33. The van der Waals surface area contributed by atoms with E-state index in [4.69, 9.17) is 5.73 Å².